The van der Waals surface area contributed by atoms with Gasteiger partial charge in [0.2, 0.25) is 0 Å². The third-order valence-electron chi connectivity index (χ3n) is 4.54. The Morgan fingerprint density at radius 3 is 1.78 bits per heavy atom. The Kier molecular flexibility index (Phi) is 11.0. The first-order valence-electron chi connectivity index (χ1n) is 9.95. The van der Waals surface area contributed by atoms with Crippen molar-refractivity contribution in [1.82, 2.24) is 0 Å². The quantitative estimate of drug-likeness (QED) is 0.222. The van der Waals surface area contributed by atoms with Gasteiger partial charge in [0.1, 0.15) is 0 Å². The zero-order valence-corrected chi connectivity index (χ0v) is 17.0. The summed E-state index contributed by atoms with van der Waals surface area (Å²) in [4.78, 5) is 0. The lowest BCUT2D eigenvalue weighted by Gasteiger charge is -2.37. The third kappa shape index (κ3) is 7.43. The number of rotatable bonds is 14. The van der Waals surface area contributed by atoms with Gasteiger partial charge in [-0.1, -0.05) is 26.2 Å². The van der Waals surface area contributed by atoms with Gasteiger partial charge in [-0.2, -0.15) is 0 Å². The second kappa shape index (κ2) is 12.4. The van der Waals surface area contributed by atoms with Crippen molar-refractivity contribution in [2.75, 3.05) is 19.8 Å². The Morgan fingerprint density at radius 2 is 1.30 bits per heavy atom. The Morgan fingerprint density at radius 1 is 0.815 bits per heavy atom. The molecule has 0 saturated carbocycles. The minimum absolute atomic E-state index is 0.0811. The lowest BCUT2D eigenvalue weighted by molar-refractivity contribution is -0.400. The van der Waals surface area contributed by atoms with Gasteiger partial charge in [0.25, 0.3) is 5.97 Å². The van der Waals surface area contributed by atoms with E-state index in [1.807, 2.05) is 20.8 Å². The van der Waals surface area contributed by atoms with Crippen LogP contribution < -0.4 is 0 Å². The summed E-state index contributed by atoms with van der Waals surface area (Å²) in [6.07, 6.45) is 5.11. The van der Waals surface area contributed by atoms with Crippen LogP contribution in [0.3, 0.4) is 0 Å². The van der Waals surface area contributed by atoms with Crippen LogP contribution >= 0.6 is 0 Å². The number of benzene rings is 1. The van der Waals surface area contributed by atoms with Gasteiger partial charge in [0, 0.05) is 25.7 Å². The first kappa shape index (κ1) is 23.9. The molecule has 3 nitrogen and oxygen atoms in total. The number of halogens is 3. The molecule has 1 aromatic rings. The van der Waals surface area contributed by atoms with Crippen molar-refractivity contribution in [2.24, 2.45) is 5.92 Å². The molecule has 0 amide bonds. The Hall–Kier alpha value is -1.11. The summed E-state index contributed by atoms with van der Waals surface area (Å²) in [7, 11) is 0. The normalized spacial score (nSPS) is 13.1. The molecule has 0 aliphatic carbocycles. The first-order valence-corrected chi connectivity index (χ1v) is 9.95. The highest BCUT2D eigenvalue weighted by molar-refractivity contribution is 5.19. The lowest BCUT2D eigenvalue weighted by atomic mass is 9.98. The molecule has 1 atom stereocenters. The summed E-state index contributed by atoms with van der Waals surface area (Å²) >= 11 is 0. The van der Waals surface area contributed by atoms with Crippen molar-refractivity contribution in [3.8, 4) is 0 Å². The van der Waals surface area contributed by atoms with E-state index in [0.717, 1.165) is 44.2 Å². The van der Waals surface area contributed by atoms with Gasteiger partial charge in [-0.15, -0.1) is 0 Å². The van der Waals surface area contributed by atoms with E-state index in [1.165, 1.54) is 0 Å². The highest BCUT2D eigenvalue weighted by Gasteiger charge is 2.38. The van der Waals surface area contributed by atoms with Crippen molar-refractivity contribution in [1.29, 1.82) is 0 Å². The van der Waals surface area contributed by atoms with Crippen molar-refractivity contribution in [2.45, 2.75) is 72.2 Å². The molecule has 0 aliphatic heterocycles. The standard InChI is InChI=1S/C21H33F3O3/c1-5-25-21(26-6-2,27-7-3)16(4)12-10-8-9-11-13-17-14-18(22)20(24)19(23)15-17/h14-16H,5-13H2,1-4H3. The predicted molar refractivity (Wildman–Crippen MR) is 99.9 cm³/mol. The number of hydrogen-bond acceptors (Lipinski definition) is 3. The highest BCUT2D eigenvalue weighted by atomic mass is 19.2. The van der Waals surface area contributed by atoms with Crippen LogP contribution in [0.15, 0.2) is 12.1 Å². The van der Waals surface area contributed by atoms with E-state index in [1.54, 1.807) is 0 Å². The molecule has 156 valence electrons. The zero-order chi connectivity index (χ0) is 20.3. The van der Waals surface area contributed by atoms with Crippen LogP contribution in [0.25, 0.3) is 0 Å². The minimum Gasteiger partial charge on any atom is -0.328 e. The predicted octanol–water partition coefficient (Wildman–Crippen LogP) is 6.00. The largest absolute Gasteiger partial charge is 0.328 e. The maximum Gasteiger partial charge on any atom is 0.285 e. The zero-order valence-electron chi connectivity index (χ0n) is 17.0. The fourth-order valence-corrected chi connectivity index (χ4v) is 3.22. The van der Waals surface area contributed by atoms with Gasteiger partial charge in [0.05, 0.1) is 0 Å². The highest BCUT2D eigenvalue weighted by Crippen LogP contribution is 2.30. The molecule has 1 unspecified atom stereocenters. The van der Waals surface area contributed by atoms with E-state index < -0.39 is 23.4 Å². The van der Waals surface area contributed by atoms with Crippen LogP contribution in [0.1, 0.15) is 65.4 Å². The van der Waals surface area contributed by atoms with Gasteiger partial charge >= 0.3 is 0 Å². The first-order chi connectivity index (χ1) is 12.9. The molecular formula is C21H33F3O3. The maximum absolute atomic E-state index is 13.2. The average Bonchev–Trinajstić information content (AvgIpc) is 2.62. The van der Waals surface area contributed by atoms with Crippen LogP contribution in [-0.2, 0) is 20.6 Å². The van der Waals surface area contributed by atoms with Crippen molar-refractivity contribution in [3.05, 3.63) is 35.1 Å². The molecule has 0 heterocycles. The Bertz CT molecular complexity index is 511. The SMILES string of the molecule is CCOC(OCC)(OCC)C(C)CCCCCCc1cc(F)c(F)c(F)c1. The molecular weight excluding hydrogens is 357 g/mol. The summed E-state index contributed by atoms with van der Waals surface area (Å²) in [5.74, 6) is -4.58. The molecule has 0 fully saturated rings. The summed E-state index contributed by atoms with van der Waals surface area (Å²) in [6.45, 7) is 9.34. The Balaban J connectivity index is 2.39. The lowest BCUT2D eigenvalue weighted by Crippen LogP contribution is -2.45. The van der Waals surface area contributed by atoms with Gasteiger partial charge in [0.15, 0.2) is 17.5 Å². The number of aryl methyl sites for hydroxylation is 1. The second-order valence-corrected chi connectivity index (χ2v) is 6.63. The molecule has 0 N–H and O–H groups in total. The third-order valence-corrected chi connectivity index (χ3v) is 4.54. The monoisotopic (exact) mass is 390 g/mol. The van der Waals surface area contributed by atoms with E-state index in [0.29, 0.717) is 31.8 Å². The van der Waals surface area contributed by atoms with Crippen LogP contribution in [-0.4, -0.2) is 25.8 Å². The van der Waals surface area contributed by atoms with Gasteiger partial charge < -0.3 is 14.2 Å². The molecule has 0 radical (unpaired) electrons. The molecule has 0 saturated heterocycles. The molecule has 27 heavy (non-hydrogen) atoms. The number of unbranched alkanes of at least 4 members (excludes halogenated alkanes) is 3. The molecule has 1 aromatic carbocycles. The molecule has 0 aliphatic rings. The van der Waals surface area contributed by atoms with Crippen LogP contribution in [0.2, 0.25) is 0 Å². The molecule has 6 heteroatoms. The summed E-state index contributed by atoms with van der Waals surface area (Å²) in [6, 6.07) is 2.14. The number of ether oxygens (including phenoxy) is 3. The molecule has 1 rings (SSSR count). The number of hydrogen-bond donors (Lipinski definition) is 0. The Labute approximate surface area is 161 Å². The molecule has 0 aromatic heterocycles. The van der Waals surface area contributed by atoms with Crippen molar-refractivity contribution < 1.29 is 27.4 Å². The summed E-state index contributed by atoms with van der Waals surface area (Å²) < 4.78 is 56.8. The van der Waals surface area contributed by atoms with Crippen LogP contribution in [0, 0.1) is 23.4 Å². The summed E-state index contributed by atoms with van der Waals surface area (Å²) in [5, 5.41) is 0. The van der Waals surface area contributed by atoms with Crippen LogP contribution in [0.5, 0.6) is 0 Å². The fraction of sp³-hybridized carbons (Fsp3) is 0.714. The van der Waals surface area contributed by atoms with Crippen molar-refractivity contribution >= 4 is 0 Å². The van der Waals surface area contributed by atoms with Gasteiger partial charge in [-0.25, -0.2) is 13.2 Å². The summed E-state index contributed by atoms with van der Waals surface area (Å²) in [5.41, 5.74) is 0.489. The van der Waals surface area contributed by atoms with E-state index >= 15 is 0 Å². The maximum atomic E-state index is 13.2. The van der Waals surface area contributed by atoms with Gasteiger partial charge in [-0.3, -0.25) is 0 Å². The molecule has 0 bridgehead atoms. The smallest absolute Gasteiger partial charge is 0.285 e. The van der Waals surface area contributed by atoms with E-state index in [4.69, 9.17) is 14.2 Å². The van der Waals surface area contributed by atoms with Crippen LogP contribution in [0.4, 0.5) is 13.2 Å². The van der Waals surface area contributed by atoms with E-state index in [9.17, 15) is 13.2 Å². The fourth-order valence-electron chi connectivity index (χ4n) is 3.22. The van der Waals surface area contributed by atoms with Gasteiger partial charge in [-0.05, 0) is 57.7 Å². The van der Waals surface area contributed by atoms with E-state index in [-0.39, 0.29) is 5.92 Å². The molecule has 0 spiro atoms. The second-order valence-electron chi connectivity index (χ2n) is 6.63. The van der Waals surface area contributed by atoms with Crippen molar-refractivity contribution in [3.63, 3.8) is 0 Å². The topological polar surface area (TPSA) is 27.7 Å². The van der Waals surface area contributed by atoms with E-state index in [2.05, 4.69) is 6.92 Å². The minimum atomic E-state index is -1.41. The average molecular weight is 390 g/mol.